The maximum absolute atomic E-state index is 14.2. The number of hydroxylamine groups is 1. The van der Waals surface area contributed by atoms with Gasteiger partial charge in [0.1, 0.15) is 0 Å². The number of hydrogen-bond acceptors (Lipinski definition) is 4. The maximum Gasteiger partial charge on any atom is 0.417 e. The second kappa shape index (κ2) is 7.47. The van der Waals surface area contributed by atoms with Gasteiger partial charge >= 0.3 is 6.18 Å². The number of benzene rings is 1. The number of amides is 1. The van der Waals surface area contributed by atoms with E-state index in [1.807, 2.05) is 0 Å². The first-order chi connectivity index (χ1) is 12.8. The first kappa shape index (κ1) is 19.0. The summed E-state index contributed by atoms with van der Waals surface area (Å²) in [6.45, 7) is 0.287. The van der Waals surface area contributed by atoms with Gasteiger partial charge in [-0.25, -0.2) is 14.3 Å². The van der Waals surface area contributed by atoms with E-state index >= 15 is 0 Å². The first-order valence-corrected chi connectivity index (χ1v) is 7.95. The van der Waals surface area contributed by atoms with Crippen LogP contribution < -0.4 is 10.8 Å². The van der Waals surface area contributed by atoms with Crippen LogP contribution in [0.5, 0.6) is 0 Å². The monoisotopic (exact) mass is 387 g/mol. The number of carbonyl (C=O) groups is 1. The van der Waals surface area contributed by atoms with Crippen LogP contribution in [0.1, 0.15) is 28.8 Å². The molecular weight excluding hydrogens is 373 g/mol. The Bertz CT molecular complexity index is 853. The van der Waals surface area contributed by atoms with Crippen LogP contribution >= 0.6 is 0 Å². The maximum atomic E-state index is 14.2. The highest BCUT2D eigenvalue weighted by Crippen LogP contribution is 2.32. The Morgan fingerprint density at radius 2 is 1.96 bits per heavy atom. The molecule has 0 bridgehead atoms. The Hall–Kier alpha value is -2.75. The van der Waals surface area contributed by atoms with Crippen LogP contribution in [0.25, 0.3) is 0 Å². The van der Waals surface area contributed by atoms with Crippen molar-refractivity contribution in [3.8, 4) is 0 Å². The van der Waals surface area contributed by atoms with Gasteiger partial charge in [-0.1, -0.05) is 0 Å². The Morgan fingerprint density at radius 3 is 2.63 bits per heavy atom. The molecule has 1 fully saturated rings. The van der Waals surface area contributed by atoms with Gasteiger partial charge in [0.2, 0.25) is 0 Å². The van der Waals surface area contributed by atoms with Gasteiger partial charge < -0.3 is 5.32 Å². The molecule has 10 heteroatoms. The fourth-order valence-electron chi connectivity index (χ4n) is 2.23. The molecular formula is C17H14F5N3O2. The fraction of sp³-hybridized carbons (Fsp3) is 0.294. The van der Waals surface area contributed by atoms with Gasteiger partial charge in [0, 0.05) is 6.20 Å². The average Bonchev–Trinajstić information content (AvgIpc) is 3.43. The molecule has 5 nitrogen and oxygen atoms in total. The van der Waals surface area contributed by atoms with Crippen molar-refractivity contribution in [1.29, 1.82) is 0 Å². The summed E-state index contributed by atoms with van der Waals surface area (Å²) in [5.41, 5.74) is -0.180. The van der Waals surface area contributed by atoms with Gasteiger partial charge in [0.15, 0.2) is 11.6 Å². The van der Waals surface area contributed by atoms with E-state index in [9.17, 15) is 26.7 Å². The summed E-state index contributed by atoms with van der Waals surface area (Å²) >= 11 is 0. The zero-order valence-corrected chi connectivity index (χ0v) is 13.7. The molecule has 1 saturated carbocycles. The lowest BCUT2D eigenvalue weighted by Gasteiger charge is -2.14. The van der Waals surface area contributed by atoms with Crippen LogP contribution in [-0.4, -0.2) is 17.5 Å². The van der Waals surface area contributed by atoms with Gasteiger partial charge in [-0.2, -0.15) is 13.2 Å². The summed E-state index contributed by atoms with van der Waals surface area (Å²) < 4.78 is 66.1. The highest BCUT2D eigenvalue weighted by molar-refractivity contribution is 5.99. The molecule has 2 N–H and O–H groups in total. The number of nitrogens with zero attached hydrogens (tertiary/aromatic N) is 1. The summed E-state index contributed by atoms with van der Waals surface area (Å²) in [5, 5.41) is 2.29. The minimum absolute atomic E-state index is 0.262. The predicted molar refractivity (Wildman–Crippen MR) is 85.0 cm³/mol. The molecule has 0 unspecified atom stereocenters. The number of alkyl halides is 3. The quantitative estimate of drug-likeness (QED) is 0.576. The van der Waals surface area contributed by atoms with Crippen molar-refractivity contribution in [3.63, 3.8) is 0 Å². The topological polar surface area (TPSA) is 63.2 Å². The van der Waals surface area contributed by atoms with E-state index in [0.717, 1.165) is 31.2 Å². The molecule has 0 saturated heterocycles. The average molecular weight is 387 g/mol. The minimum atomic E-state index is -4.66. The second-order valence-electron chi connectivity index (χ2n) is 6.05. The lowest BCUT2D eigenvalue weighted by Crippen LogP contribution is -2.26. The fourth-order valence-corrected chi connectivity index (χ4v) is 2.23. The third kappa shape index (κ3) is 4.70. The van der Waals surface area contributed by atoms with Crippen LogP contribution in [0.3, 0.4) is 0 Å². The summed E-state index contributed by atoms with van der Waals surface area (Å²) in [5.74, 6) is -3.20. The lowest BCUT2D eigenvalue weighted by molar-refractivity contribution is -0.137. The van der Waals surface area contributed by atoms with Gasteiger partial charge in [-0.05, 0) is 37.0 Å². The SMILES string of the molecule is O=C(NOCC1CC1)c1ccc(F)c(F)c1Nc1cncc(C(F)(F)F)c1. The van der Waals surface area contributed by atoms with Crippen LogP contribution in [0.4, 0.5) is 33.3 Å². The molecule has 1 heterocycles. The molecule has 1 aromatic heterocycles. The van der Waals surface area contributed by atoms with Crippen molar-refractivity contribution in [2.24, 2.45) is 5.92 Å². The van der Waals surface area contributed by atoms with Crippen LogP contribution in [-0.2, 0) is 11.0 Å². The molecule has 0 atom stereocenters. The molecule has 2 aromatic rings. The summed E-state index contributed by atoms with van der Waals surface area (Å²) in [6, 6.07) is 2.40. The van der Waals surface area contributed by atoms with Crippen molar-refractivity contribution in [3.05, 3.63) is 53.4 Å². The summed E-state index contributed by atoms with van der Waals surface area (Å²) in [7, 11) is 0. The molecule has 1 aliphatic rings. The van der Waals surface area contributed by atoms with Gasteiger partial charge in [0.05, 0.1) is 35.3 Å². The van der Waals surface area contributed by atoms with Crippen molar-refractivity contribution >= 4 is 17.3 Å². The Labute approximate surface area is 150 Å². The normalized spacial score (nSPS) is 14.1. The second-order valence-corrected chi connectivity index (χ2v) is 6.05. The minimum Gasteiger partial charge on any atom is -0.351 e. The van der Waals surface area contributed by atoms with Gasteiger partial charge in [-0.3, -0.25) is 14.6 Å². The summed E-state index contributed by atoms with van der Waals surface area (Å²) in [6.07, 6.45) is -1.12. The van der Waals surface area contributed by atoms with E-state index in [4.69, 9.17) is 4.84 Å². The van der Waals surface area contributed by atoms with E-state index in [-0.39, 0.29) is 17.9 Å². The van der Waals surface area contributed by atoms with E-state index in [1.165, 1.54) is 0 Å². The van der Waals surface area contributed by atoms with Crippen molar-refractivity contribution in [2.75, 3.05) is 11.9 Å². The molecule has 27 heavy (non-hydrogen) atoms. The number of aromatic nitrogens is 1. The number of rotatable bonds is 6. The zero-order valence-electron chi connectivity index (χ0n) is 13.7. The Kier molecular flexibility index (Phi) is 5.26. The third-order valence-electron chi connectivity index (χ3n) is 3.86. The van der Waals surface area contributed by atoms with Gasteiger partial charge in [-0.15, -0.1) is 0 Å². The van der Waals surface area contributed by atoms with E-state index < -0.39 is 35.0 Å². The predicted octanol–water partition coefficient (Wildman–Crippen LogP) is 4.19. The molecule has 3 rings (SSSR count). The van der Waals surface area contributed by atoms with Crippen LogP contribution in [0.15, 0.2) is 30.6 Å². The van der Waals surface area contributed by atoms with Gasteiger partial charge in [0.25, 0.3) is 5.91 Å². The Morgan fingerprint density at radius 1 is 1.22 bits per heavy atom. The largest absolute Gasteiger partial charge is 0.417 e. The standard InChI is InChI=1S/C17H14F5N3O2/c18-13-4-3-12(16(26)25-27-8-9-1-2-9)15(14(13)19)24-11-5-10(6-23-7-11)17(20,21)22/h3-7,9,24H,1-2,8H2,(H,25,26). The number of carbonyl (C=O) groups excluding carboxylic acids is 1. The number of pyridine rings is 1. The van der Waals surface area contributed by atoms with E-state index in [0.29, 0.717) is 18.2 Å². The highest BCUT2D eigenvalue weighted by Gasteiger charge is 2.31. The number of hydrogen-bond donors (Lipinski definition) is 2. The van der Waals surface area contributed by atoms with Crippen LogP contribution in [0, 0.1) is 17.6 Å². The van der Waals surface area contributed by atoms with Crippen LogP contribution in [0.2, 0.25) is 0 Å². The zero-order chi connectivity index (χ0) is 19.6. The highest BCUT2D eigenvalue weighted by atomic mass is 19.4. The molecule has 1 aromatic carbocycles. The number of anilines is 2. The van der Waals surface area contributed by atoms with Crippen molar-refractivity contribution in [2.45, 2.75) is 19.0 Å². The number of nitrogens with one attached hydrogen (secondary N) is 2. The molecule has 0 aliphatic heterocycles. The summed E-state index contributed by atoms with van der Waals surface area (Å²) in [4.78, 5) is 20.6. The lowest BCUT2D eigenvalue weighted by atomic mass is 10.1. The molecule has 1 aliphatic carbocycles. The van der Waals surface area contributed by atoms with E-state index in [1.54, 1.807) is 0 Å². The molecule has 144 valence electrons. The smallest absolute Gasteiger partial charge is 0.351 e. The Balaban J connectivity index is 1.85. The van der Waals surface area contributed by atoms with Crippen molar-refractivity contribution in [1.82, 2.24) is 10.5 Å². The van der Waals surface area contributed by atoms with Crippen molar-refractivity contribution < 1.29 is 31.6 Å². The first-order valence-electron chi connectivity index (χ1n) is 7.95. The number of halogens is 5. The molecule has 0 spiro atoms. The van der Waals surface area contributed by atoms with E-state index in [2.05, 4.69) is 15.8 Å². The molecule has 0 radical (unpaired) electrons. The molecule has 1 amide bonds. The third-order valence-corrected chi connectivity index (χ3v) is 3.86.